The van der Waals surface area contributed by atoms with Gasteiger partial charge in [0, 0.05) is 12.2 Å². The van der Waals surface area contributed by atoms with Crippen molar-refractivity contribution in [1.82, 2.24) is 10.6 Å². The average molecular weight is 424 g/mol. The molecule has 0 atom stereocenters. The van der Waals surface area contributed by atoms with E-state index in [-0.39, 0.29) is 30.5 Å². The largest absolute Gasteiger partial charge is 0.508 e. The standard InChI is InChI=1S/C20H23F3N4O3/c1-2-24-19(26-12-18(29)27-15-5-7-16(28)8-6-15)25-11-14-3-9-17(10-4-14)30-13-20(21,22)23/h3-10,28H,2,11-13H2,1H3,(H,27,29)(H2,24,25,26). The van der Waals surface area contributed by atoms with Gasteiger partial charge in [0.1, 0.15) is 11.5 Å². The number of rotatable bonds is 8. The molecular weight excluding hydrogens is 401 g/mol. The molecule has 0 fully saturated rings. The average Bonchev–Trinajstić information content (AvgIpc) is 2.70. The minimum Gasteiger partial charge on any atom is -0.508 e. The zero-order chi connectivity index (χ0) is 22.0. The summed E-state index contributed by atoms with van der Waals surface area (Å²) in [4.78, 5) is 16.4. The molecule has 0 unspecified atom stereocenters. The zero-order valence-corrected chi connectivity index (χ0v) is 16.3. The second-order valence-corrected chi connectivity index (χ2v) is 6.19. The number of halogens is 3. The van der Waals surface area contributed by atoms with Crippen molar-refractivity contribution in [3.63, 3.8) is 0 Å². The van der Waals surface area contributed by atoms with Gasteiger partial charge in [-0.05, 0) is 48.9 Å². The van der Waals surface area contributed by atoms with E-state index in [1.54, 1.807) is 24.3 Å². The number of nitrogens with one attached hydrogen (secondary N) is 3. The first-order chi connectivity index (χ1) is 14.2. The first-order valence-electron chi connectivity index (χ1n) is 9.14. The Labute approximate surface area is 172 Å². The predicted molar refractivity (Wildman–Crippen MR) is 108 cm³/mol. The lowest BCUT2D eigenvalue weighted by molar-refractivity contribution is -0.153. The lowest BCUT2D eigenvalue weighted by atomic mass is 10.2. The van der Waals surface area contributed by atoms with E-state index in [1.807, 2.05) is 6.92 Å². The van der Waals surface area contributed by atoms with Crippen molar-refractivity contribution in [2.45, 2.75) is 19.6 Å². The number of anilines is 1. The minimum absolute atomic E-state index is 0.0308. The van der Waals surface area contributed by atoms with Crippen LogP contribution in [0, 0.1) is 0 Å². The van der Waals surface area contributed by atoms with Gasteiger partial charge in [-0.3, -0.25) is 4.79 Å². The Morgan fingerprint density at radius 2 is 1.73 bits per heavy atom. The number of aromatic hydroxyl groups is 1. The van der Waals surface area contributed by atoms with Gasteiger partial charge in [0.15, 0.2) is 12.6 Å². The van der Waals surface area contributed by atoms with E-state index >= 15 is 0 Å². The third-order valence-corrected chi connectivity index (χ3v) is 3.66. The number of hydrogen-bond donors (Lipinski definition) is 4. The first-order valence-corrected chi connectivity index (χ1v) is 9.14. The highest BCUT2D eigenvalue weighted by Crippen LogP contribution is 2.19. The molecule has 0 saturated carbocycles. The predicted octanol–water partition coefficient (Wildman–Crippen LogP) is 3.03. The van der Waals surface area contributed by atoms with E-state index in [2.05, 4.69) is 25.7 Å². The van der Waals surface area contributed by atoms with Gasteiger partial charge in [-0.2, -0.15) is 13.2 Å². The lowest BCUT2D eigenvalue weighted by Gasteiger charge is -2.12. The molecule has 10 heteroatoms. The quantitative estimate of drug-likeness (QED) is 0.297. The summed E-state index contributed by atoms with van der Waals surface area (Å²) in [6.45, 7) is 1.34. The molecule has 2 aromatic rings. The molecule has 0 radical (unpaired) electrons. The summed E-state index contributed by atoms with van der Waals surface area (Å²) in [5, 5.41) is 17.8. The Balaban J connectivity index is 1.85. The summed E-state index contributed by atoms with van der Waals surface area (Å²) in [7, 11) is 0. The van der Waals surface area contributed by atoms with Crippen LogP contribution in [0.15, 0.2) is 53.5 Å². The fraction of sp³-hybridized carbons (Fsp3) is 0.300. The summed E-state index contributed by atoms with van der Waals surface area (Å²) in [5.41, 5.74) is 1.31. The van der Waals surface area contributed by atoms with Crippen LogP contribution in [0.1, 0.15) is 12.5 Å². The number of ether oxygens (including phenoxy) is 1. The van der Waals surface area contributed by atoms with Crippen molar-refractivity contribution in [2.75, 3.05) is 25.0 Å². The molecule has 0 aliphatic heterocycles. The van der Waals surface area contributed by atoms with Gasteiger partial charge in [0.25, 0.3) is 0 Å². The molecule has 0 heterocycles. The van der Waals surface area contributed by atoms with Gasteiger partial charge in [-0.15, -0.1) is 0 Å². The van der Waals surface area contributed by atoms with Crippen molar-refractivity contribution in [1.29, 1.82) is 0 Å². The number of nitrogens with zero attached hydrogens (tertiary/aromatic N) is 1. The van der Waals surface area contributed by atoms with Crippen LogP contribution in [0.4, 0.5) is 18.9 Å². The molecule has 30 heavy (non-hydrogen) atoms. The number of aliphatic imine (C=N–C) groups is 1. The first kappa shape index (κ1) is 22.9. The summed E-state index contributed by atoms with van der Waals surface area (Å²) in [6.07, 6.45) is -4.38. The summed E-state index contributed by atoms with van der Waals surface area (Å²) in [6, 6.07) is 12.2. The Morgan fingerprint density at radius 1 is 1.07 bits per heavy atom. The molecule has 0 aliphatic carbocycles. The van der Waals surface area contributed by atoms with Crippen molar-refractivity contribution in [3.8, 4) is 11.5 Å². The smallest absolute Gasteiger partial charge is 0.422 e. The van der Waals surface area contributed by atoms with E-state index in [4.69, 9.17) is 0 Å². The van der Waals surface area contributed by atoms with Crippen LogP contribution < -0.4 is 20.7 Å². The molecule has 0 aliphatic rings. The van der Waals surface area contributed by atoms with Gasteiger partial charge in [-0.1, -0.05) is 12.1 Å². The number of carbonyl (C=O) groups is 1. The van der Waals surface area contributed by atoms with Crippen LogP contribution in [0.25, 0.3) is 0 Å². The molecule has 2 aromatic carbocycles. The summed E-state index contributed by atoms with van der Waals surface area (Å²) >= 11 is 0. The van der Waals surface area contributed by atoms with Crippen molar-refractivity contribution in [3.05, 3.63) is 54.1 Å². The van der Waals surface area contributed by atoms with Crippen LogP contribution in [-0.2, 0) is 11.3 Å². The maximum absolute atomic E-state index is 12.2. The number of alkyl halides is 3. The fourth-order valence-electron chi connectivity index (χ4n) is 2.28. The number of benzene rings is 2. The molecule has 2 rings (SSSR count). The van der Waals surface area contributed by atoms with E-state index in [0.717, 1.165) is 5.56 Å². The SMILES string of the molecule is CCNC(=NCc1ccc(OCC(F)(F)F)cc1)NCC(=O)Nc1ccc(O)cc1. The number of carbonyl (C=O) groups excluding carboxylic acids is 1. The van der Waals surface area contributed by atoms with Gasteiger partial charge < -0.3 is 25.8 Å². The Hall–Kier alpha value is -3.43. The van der Waals surface area contributed by atoms with Crippen molar-refractivity contribution in [2.24, 2.45) is 4.99 Å². The second kappa shape index (κ2) is 10.9. The van der Waals surface area contributed by atoms with Crippen LogP contribution >= 0.6 is 0 Å². The molecule has 7 nitrogen and oxygen atoms in total. The Kier molecular flexibility index (Phi) is 8.33. The Bertz CT molecular complexity index is 838. The molecule has 0 spiro atoms. The van der Waals surface area contributed by atoms with Gasteiger partial charge >= 0.3 is 6.18 Å². The number of phenolic OH excluding ortho intramolecular Hbond substituents is 1. The molecular formula is C20H23F3N4O3. The van der Waals surface area contributed by atoms with Crippen LogP contribution in [-0.4, -0.2) is 42.8 Å². The van der Waals surface area contributed by atoms with E-state index in [9.17, 15) is 23.1 Å². The second-order valence-electron chi connectivity index (χ2n) is 6.19. The molecule has 0 aromatic heterocycles. The lowest BCUT2D eigenvalue weighted by Crippen LogP contribution is -2.41. The zero-order valence-electron chi connectivity index (χ0n) is 16.3. The molecule has 1 amide bonds. The summed E-state index contributed by atoms with van der Waals surface area (Å²) in [5.74, 6) is 0.344. The molecule has 0 bridgehead atoms. The van der Waals surface area contributed by atoms with Crippen molar-refractivity contribution < 1.29 is 27.8 Å². The highest BCUT2D eigenvalue weighted by atomic mass is 19.4. The number of amides is 1. The van der Waals surface area contributed by atoms with E-state index < -0.39 is 12.8 Å². The topological polar surface area (TPSA) is 95.0 Å². The monoisotopic (exact) mass is 424 g/mol. The van der Waals surface area contributed by atoms with Crippen LogP contribution in [0.3, 0.4) is 0 Å². The summed E-state index contributed by atoms with van der Waals surface area (Å²) < 4.78 is 41.2. The van der Waals surface area contributed by atoms with E-state index in [0.29, 0.717) is 18.2 Å². The third kappa shape index (κ3) is 8.72. The fourth-order valence-corrected chi connectivity index (χ4v) is 2.28. The highest BCUT2D eigenvalue weighted by Gasteiger charge is 2.28. The van der Waals surface area contributed by atoms with Gasteiger partial charge in [-0.25, -0.2) is 4.99 Å². The van der Waals surface area contributed by atoms with Crippen LogP contribution in [0.5, 0.6) is 11.5 Å². The molecule has 0 saturated heterocycles. The van der Waals surface area contributed by atoms with E-state index in [1.165, 1.54) is 24.3 Å². The highest BCUT2D eigenvalue weighted by molar-refractivity contribution is 5.95. The number of hydrogen-bond acceptors (Lipinski definition) is 4. The minimum atomic E-state index is -4.38. The third-order valence-electron chi connectivity index (χ3n) is 3.66. The van der Waals surface area contributed by atoms with Gasteiger partial charge in [0.2, 0.25) is 5.91 Å². The van der Waals surface area contributed by atoms with Crippen LogP contribution in [0.2, 0.25) is 0 Å². The number of guanidine groups is 1. The maximum Gasteiger partial charge on any atom is 0.422 e. The van der Waals surface area contributed by atoms with Crippen molar-refractivity contribution >= 4 is 17.6 Å². The van der Waals surface area contributed by atoms with Gasteiger partial charge in [0.05, 0.1) is 13.1 Å². The number of phenols is 1. The normalized spacial score (nSPS) is 11.7. The molecule has 162 valence electrons. The Morgan fingerprint density at radius 3 is 2.33 bits per heavy atom. The molecule has 4 N–H and O–H groups in total. The maximum atomic E-state index is 12.2.